The standard InChI is InChI=1S/C16H28O4/c1-5-8-10-13(12(4)17)15(18)14(11-9-6-2)16(19)20-7-3/h13-14H,5-11H2,1-4H3/t13-,14-/m1/s1. The molecule has 0 amide bonds. The van der Waals surface area contributed by atoms with Crippen molar-refractivity contribution >= 4 is 17.5 Å². The molecule has 0 saturated heterocycles. The van der Waals surface area contributed by atoms with E-state index in [1.54, 1.807) is 6.92 Å². The summed E-state index contributed by atoms with van der Waals surface area (Å²) in [7, 11) is 0. The van der Waals surface area contributed by atoms with E-state index < -0.39 is 17.8 Å². The quantitative estimate of drug-likeness (QED) is 0.431. The van der Waals surface area contributed by atoms with Gasteiger partial charge in [-0.2, -0.15) is 0 Å². The Morgan fingerprint density at radius 2 is 1.40 bits per heavy atom. The zero-order valence-corrected chi connectivity index (χ0v) is 13.2. The molecule has 0 heterocycles. The minimum atomic E-state index is -0.777. The molecule has 2 atom stereocenters. The Morgan fingerprint density at radius 3 is 1.80 bits per heavy atom. The number of esters is 1. The number of carbonyl (C=O) groups excluding carboxylic acids is 3. The molecule has 0 aromatic carbocycles. The molecule has 0 saturated carbocycles. The third-order valence-electron chi connectivity index (χ3n) is 3.44. The maximum atomic E-state index is 12.5. The van der Waals surface area contributed by atoms with E-state index in [1.165, 1.54) is 6.92 Å². The first-order chi connectivity index (χ1) is 9.49. The van der Waals surface area contributed by atoms with Crippen molar-refractivity contribution in [1.29, 1.82) is 0 Å². The van der Waals surface area contributed by atoms with Crippen LogP contribution in [0.3, 0.4) is 0 Å². The van der Waals surface area contributed by atoms with Gasteiger partial charge in [0.05, 0.1) is 12.5 Å². The molecule has 0 unspecified atom stereocenters. The van der Waals surface area contributed by atoms with Crippen LogP contribution in [0.2, 0.25) is 0 Å². The summed E-state index contributed by atoms with van der Waals surface area (Å²) >= 11 is 0. The zero-order valence-electron chi connectivity index (χ0n) is 13.2. The van der Waals surface area contributed by atoms with Crippen LogP contribution in [0, 0.1) is 11.8 Å². The largest absolute Gasteiger partial charge is 0.465 e. The molecular formula is C16H28O4. The van der Waals surface area contributed by atoms with Crippen molar-refractivity contribution in [2.45, 2.75) is 66.2 Å². The molecular weight excluding hydrogens is 256 g/mol. The average molecular weight is 284 g/mol. The Morgan fingerprint density at radius 1 is 0.900 bits per heavy atom. The maximum absolute atomic E-state index is 12.5. The molecule has 0 bridgehead atoms. The molecule has 20 heavy (non-hydrogen) atoms. The highest BCUT2D eigenvalue weighted by Gasteiger charge is 2.34. The number of carbonyl (C=O) groups is 3. The molecule has 0 spiro atoms. The molecule has 116 valence electrons. The van der Waals surface area contributed by atoms with Crippen LogP contribution in [0.4, 0.5) is 0 Å². The number of hydrogen-bond donors (Lipinski definition) is 0. The fourth-order valence-electron chi connectivity index (χ4n) is 2.22. The van der Waals surface area contributed by atoms with Gasteiger partial charge >= 0.3 is 5.97 Å². The Hall–Kier alpha value is -1.19. The molecule has 4 heteroatoms. The molecule has 0 aliphatic rings. The van der Waals surface area contributed by atoms with Crippen molar-refractivity contribution < 1.29 is 19.1 Å². The second kappa shape index (κ2) is 10.6. The number of rotatable bonds is 11. The predicted octanol–water partition coefficient (Wildman–Crippen LogP) is 3.32. The van der Waals surface area contributed by atoms with E-state index in [1.807, 2.05) is 13.8 Å². The zero-order chi connectivity index (χ0) is 15.5. The van der Waals surface area contributed by atoms with E-state index in [0.29, 0.717) is 12.8 Å². The summed E-state index contributed by atoms with van der Waals surface area (Å²) in [5, 5.41) is 0. The first kappa shape index (κ1) is 18.8. The van der Waals surface area contributed by atoms with Crippen LogP contribution < -0.4 is 0 Å². The lowest BCUT2D eigenvalue weighted by Gasteiger charge is -2.19. The molecule has 0 aliphatic carbocycles. The molecule has 0 radical (unpaired) electrons. The van der Waals surface area contributed by atoms with Crippen LogP contribution >= 0.6 is 0 Å². The van der Waals surface area contributed by atoms with Gasteiger partial charge in [0.2, 0.25) is 0 Å². The average Bonchev–Trinajstić information content (AvgIpc) is 2.39. The normalized spacial score (nSPS) is 13.6. The van der Waals surface area contributed by atoms with Crippen LogP contribution in [0.25, 0.3) is 0 Å². The summed E-state index contributed by atoms with van der Waals surface area (Å²) in [6.45, 7) is 7.43. The highest BCUT2D eigenvalue weighted by Crippen LogP contribution is 2.21. The van der Waals surface area contributed by atoms with Gasteiger partial charge in [0, 0.05) is 0 Å². The summed E-state index contributed by atoms with van der Waals surface area (Å²) in [5.41, 5.74) is 0. The van der Waals surface area contributed by atoms with Crippen LogP contribution in [0.1, 0.15) is 66.2 Å². The van der Waals surface area contributed by atoms with Crippen LogP contribution in [-0.2, 0) is 19.1 Å². The van der Waals surface area contributed by atoms with Crippen molar-refractivity contribution in [3.8, 4) is 0 Å². The summed E-state index contributed by atoms with van der Waals surface area (Å²) in [6, 6.07) is 0. The van der Waals surface area contributed by atoms with Crippen LogP contribution in [0.15, 0.2) is 0 Å². The third-order valence-corrected chi connectivity index (χ3v) is 3.44. The monoisotopic (exact) mass is 284 g/mol. The van der Waals surface area contributed by atoms with Crippen LogP contribution in [-0.4, -0.2) is 24.1 Å². The van der Waals surface area contributed by atoms with E-state index >= 15 is 0 Å². The topological polar surface area (TPSA) is 60.4 Å². The highest BCUT2D eigenvalue weighted by molar-refractivity contribution is 6.09. The fraction of sp³-hybridized carbons (Fsp3) is 0.812. The number of Topliss-reactive ketones (excluding diaryl/α,β-unsaturated/α-hetero) is 2. The highest BCUT2D eigenvalue weighted by atomic mass is 16.5. The van der Waals surface area contributed by atoms with Gasteiger partial charge in [-0.05, 0) is 26.7 Å². The Bertz CT molecular complexity index is 322. The minimum Gasteiger partial charge on any atom is -0.465 e. The Labute approximate surface area is 122 Å². The molecule has 0 aliphatic heterocycles. The van der Waals surface area contributed by atoms with Gasteiger partial charge in [-0.3, -0.25) is 14.4 Å². The first-order valence-electron chi connectivity index (χ1n) is 7.70. The summed E-state index contributed by atoms with van der Waals surface area (Å²) < 4.78 is 4.99. The molecule has 0 rings (SSSR count). The second-order valence-corrected chi connectivity index (χ2v) is 5.15. The smallest absolute Gasteiger partial charge is 0.316 e. The van der Waals surface area contributed by atoms with E-state index in [9.17, 15) is 14.4 Å². The van der Waals surface area contributed by atoms with E-state index in [0.717, 1.165) is 25.7 Å². The summed E-state index contributed by atoms with van der Waals surface area (Å²) in [6.07, 6.45) is 4.45. The van der Waals surface area contributed by atoms with Crippen molar-refractivity contribution in [2.24, 2.45) is 11.8 Å². The van der Waals surface area contributed by atoms with Gasteiger partial charge < -0.3 is 4.74 Å². The summed E-state index contributed by atoms with van der Waals surface area (Å²) in [4.78, 5) is 36.1. The number of unbranched alkanes of at least 4 members (excludes halogenated alkanes) is 2. The summed E-state index contributed by atoms with van der Waals surface area (Å²) in [5.74, 6) is -2.30. The fourth-order valence-corrected chi connectivity index (χ4v) is 2.22. The van der Waals surface area contributed by atoms with Gasteiger partial charge in [0.25, 0.3) is 0 Å². The van der Waals surface area contributed by atoms with Gasteiger partial charge in [0.1, 0.15) is 11.7 Å². The van der Waals surface area contributed by atoms with Gasteiger partial charge in [-0.1, -0.05) is 39.5 Å². The Balaban J connectivity index is 4.94. The van der Waals surface area contributed by atoms with Gasteiger partial charge in [-0.15, -0.1) is 0 Å². The Kier molecular flexibility index (Phi) is 9.95. The minimum absolute atomic E-state index is 0.144. The lowest BCUT2D eigenvalue weighted by Crippen LogP contribution is -2.34. The molecule has 0 N–H and O–H groups in total. The van der Waals surface area contributed by atoms with Gasteiger partial charge in [0.15, 0.2) is 5.78 Å². The predicted molar refractivity (Wildman–Crippen MR) is 78.4 cm³/mol. The van der Waals surface area contributed by atoms with Crippen molar-refractivity contribution in [3.63, 3.8) is 0 Å². The van der Waals surface area contributed by atoms with Crippen molar-refractivity contribution in [2.75, 3.05) is 6.61 Å². The SMILES string of the molecule is CCCC[C@H](C(C)=O)C(=O)[C@@H](CCCC)C(=O)OCC. The number of ketones is 2. The van der Waals surface area contributed by atoms with E-state index in [2.05, 4.69) is 0 Å². The molecule has 0 aromatic rings. The lowest BCUT2D eigenvalue weighted by molar-refractivity contribution is -0.153. The van der Waals surface area contributed by atoms with E-state index in [4.69, 9.17) is 4.74 Å². The molecule has 0 fully saturated rings. The second-order valence-electron chi connectivity index (χ2n) is 5.15. The molecule has 0 aromatic heterocycles. The van der Waals surface area contributed by atoms with E-state index in [-0.39, 0.29) is 18.2 Å². The number of hydrogen-bond acceptors (Lipinski definition) is 4. The number of ether oxygens (including phenoxy) is 1. The molecule has 4 nitrogen and oxygen atoms in total. The van der Waals surface area contributed by atoms with Crippen molar-refractivity contribution in [3.05, 3.63) is 0 Å². The third kappa shape index (κ3) is 6.31. The van der Waals surface area contributed by atoms with Crippen LogP contribution in [0.5, 0.6) is 0 Å². The van der Waals surface area contributed by atoms with Gasteiger partial charge in [-0.25, -0.2) is 0 Å². The van der Waals surface area contributed by atoms with Crippen molar-refractivity contribution in [1.82, 2.24) is 0 Å². The maximum Gasteiger partial charge on any atom is 0.316 e. The first-order valence-corrected chi connectivity index (χ1v) is 7.70. The lowest BCUT2D eigenvalue weighted by atomic mass is 9.84.